The Morgan fingerprint density at radius 3 is 2.89 bits per heavy atom. The monoisotopic (exact) mass is 244 g/mol. The van der Waals surface area contributed by atoms with E-state index in [-0.39, 0.29) is 5.91 Å². The third-order valence-corrected chi connectivity index (χ3v) is 2.63. The SMILES string of the molecule is CNCCCNC(=O)c1cccc2nccnc12. The highest BCUT2D eigenvalue weighted by molar-refractivity contribution is 6.04. The molecular formula is C13H16N4O. The summed E-state index contributed by atoms with van der Waals surface area (Å²) in [6.45, 7) is 1.53. The van der Waals surface area contributed by atoms with Crippen molar-refractivity contribution in [2.45, 2.75) is 6.42 Å². The van der Waals surface area contributed by atoms with Gasteiger partial charge in [-0.05, 0) is 32.1 Å². The number of hydrogen-bond acceptors (Lipinski definition) is 4. The van der Waals surface area contributed by atoms with Gasteiger partial charge in [0.2, 0.25) is 0 Å². The largest absolute Gasteiger partial charge is 0.352 e. The van der Waals surface area contributed by atoms with Crippen LogP contribution in [0.3, 0.4) is 0 Å². The van der Waals surface area contributed by atoms with E-state index in [1.54, 1.807) is 18.5 Å². The van der Waals surface area contributed by atoms with Gasteiger partial charge in [0.1, 0.15) is 5.52 Å². The van der Waals surface area contributed by atoms with E-state index < -0.39 is 0 Å². The van der Waals surface area contributed by atoms with Crippen molar-refractivity contribution in [3.05, 3.63) is 36.2 Å². The second-order valence-electron chi connectivity index (χ2n) is 3.94. The molecule has 5 heteroatoms. The highest BCUT2D eigenvalue weighted by atomic mass is 16.1. The Morgan fingerprint density at radius 1 is 1.22 bits per heavy atom. The molecule has 94 valence electrons. The van der Waals surface area contributed by atoms with E-state index in [1.165, 1.54) is 0 Å². The van der Waals surface area contributed by atoms with Crippen LogP contribution in [-0.4, -0.2) is 36.0 Å². The van der Waals surface area contributed by atoms with E-state index in [1.807, 2.05) is 19.2 Å². The minimum Gasteiger partial charge on any atom is -0.352 e. The molecule has 2 aromatic rings. The van der Waals surface area contributed by atoms with Crippen molar-refractivity contribution in [3.63, 3.8) is 0 Å². The second-order valence-corrected chi connectivity index (χ2v) is 3.94. The number of nitrogens with one attached hydrogen (secondary N) is 2. The number of rotatable bonds is 5. The third kappa shape index (κ3) is 2.81. The zero-order valence-electron chi connectivity index (χ0n) is 10.3. The molecule has 0 aliphatic rings. The summed E-state index contributed by atoms with van der Waals surface area (Å²) in [5, 5.41) is 5.92. The molecule has 0 spiro atoms. The lowest BCUT2D eigenvalue weighted by Crippen LogP contribution is -2.26. The van der Waals surface area contributed by atoms with Crippen molar-refractivity contribution in [2.24, 2.45) is 0 Å². The van der Waals surface area contributed by atoms with Gasteiger partial charge in [-0.3, -0.25) is 14.8 Å². The minimum atomic E-state index is -0.0998. The molecule has 0 saturated heterocycles. The summed E-state index contributed by atoms with van der Waals surface area (Å²) in [5.41, 5.74) is 1.96. The average molecular weight is 244 g/mol. The molecular weight excluding hydrogens is 228 g/mol. The highest BCUT2D eigenvalue weighted by Crippen LogP contribution is 2.13. The number of fused-ring (bicyclic) bond motifs is 1. The summed E-state index contributed by atoms with van der Waals surface area (Å²) in [4.78, 5) is 20.4. The van der Waals surface area contributed by atoms with Gasteiger partial charge in [0, 0.05) is 18.9 Å². The van der Waals surface area contributed by atoms with Crippen molar-refractivity contribution < 1.29 is 4.79 Å². The van der Waals surface area contributed by atoms with Crippen LogP contribution in [0.5, 0.6) is 0 Å². The topological polar surface area (TPSA) is 66.9 Å². The molecule has 1 heterocycles. The van der Waals surface area contributed by atoms with Crippen LogP contribution in [0.15, 0.2) is 30.6 Å². The number of hydrogen-bond donors (Lipinski definition) is 2. The zero-order valence-corrected chi connectivity index (χ0v) is 10.3. The molecule has 0 saturated carbocycles. The van der Waals surface area contributed by atoms with Gasteiger partial charge in [-0.2, -0.15) is 0 Å². The molecule has 0 radical (unpaired) electrons. The van der Waals surface area contributed by atoms with Crippen molar-refractivity contribution in [1.82, 2.24) is 20.6 Å². The maximum atomic E-state index is 12.0. The fourth-order valence-corrected chi connectivity index (χ4v) is 1.74. The van der Waals surface area contributed by atoms with Crippen molar-refractivity contribution >= 4 is 16.9 Å². The summed E-state index contributed by atoms with van der Waals surface area (Å²) in [6, 6.07) is 5.43. The zero-order chi connectivity index (χ0) is 12.8. The van der Waals surface area contributed by atoms with Gasteiger partial charge in [0.25, 0.3) is 5.91 Å². The van der Waals surface area contributed by atoms with Gasteiger partial charge in [-0.1, -0.05) is 6.07 Å². The van der Waals surface area contributed by atoms with E-state index in [0.717, 1.165) is 18.5 Å². The number of amides is 1. The fourth-order valence-electron chi connectivity index (χ4n) is 1.74. The van der Waals surface area contributed by atoms with Crippen LogP contribution >= 0.6 is 0 Å². The standard InChI is InChI=1S/C13H16N4O/c1-14-6-3-7-17-13(18)10-4-2-5-11-12(10)16-9-8-15-11/h2,4-5,8-9,14H,3,6-7H2,1H3,(H,17,18). The third-order valence-electron chi connectivity index (χ3n) is 2.63. The molecule has 2 N–H and O–H groups in total. The molecule has 0 aliphatic carbocycles. The summed E-state index contributed by atoms with van der Waals surface area (Å²) >= 11 is 0. The van der Waals surface area contributed by atoms with Gasteiger partial charge in [-0.25, -0.2) is 0 Å². The van der Waals surface area contributed by atoms with E-state index in [4.69, 9.17) is 0 Å². The lowest BCUT2D eigenvalue weighted by Gasteiger charge is -2.06. The van der Waals surface area contributed by atoms with Crippen molar-refractivity contribution in [2.75, 3.05) is 20.1 Å². The molecule has 1 aromatic heterocycles. The summed E-state index contributed by atoms with van der Waals surface area (Å²) in [5.74, 6) is -0.0998. The number of carbonyl (C=O) groups excluding carboxylic acids is 1. The Kier molecular flexibility index (Phi) is 4.20. The molecule has 0 atom stereocenters. The van der Waals surface area contributed by atoms with E-state index >= 15 is 0 Å². The Labute approximate surface area is 106 Å². The molecule has 18 heavy (non-hydrogen) atoms. The van der Waals surface area contributed by atoms with Crippen molar-refractivity contribution in [3.8, 4) is 0 Å². The Hall–Kier alpha value is -2.01. The predicted molar refractivity (Wildman–Crippen MR) is 70.4 cm³/mol. The van der Waals surface area contributed by atoms with Gasteiger partial charge in [0.05, 0.1) is 11.1 Å². The van der Waals surface area contributed by atoms with Crippen LogP contribution in [0.2, 0.25) is 0 Å². The summed E-state index contributed by atoms with van der Waals surface area (Å²) in [6.07, 6.45) is 4.12. The lowest BCUT2D eigenvalue weighted by molar-refractivity contribution is 0.0954. The number of para-hydroxylation sites is 1. The van der Waals surface area contributed by atoms with Crippen LogP contribution < -0.4 is 10.6 Å². The lowest BCUT2D eigenvalue weighted by atomic mass is 10.1. The van der Waals surface area contributed by atoms with Crippen LogP contribution in [-0.2, 0) is 0 Å². The Balaban J connectivity index is 2.13. The van der Waals surface area contributed by atoms with Gasteiger partial charge in [0.15, 0.2) is 0 Å². The molecule has 1 amide bonds. The maximum absolute atomic E-state index is 12.0. The number of benzene rings is 1. The van der Waals surface area contributed by atoms with Crippen molar-refractivity contribution in [1.29, 1.82) is 0 Å². The highest BCUT2D eigenvalue weighted by Gasteiger charge is 2.10. The summed E-state index contributed by atoms with van der Waals surface area (Å²) in [7, 11) is 1.89. The molecule has 5 nitrogen and oxygen atoms in total. The molecule has 0 unspecified atom stereocenters. The first-order valence-electron chi connectivity index (χ1n) is 5.95. The first-order valence-corrected chi connectivity index (χ1v) is 5.95. The van der Waals surface area contributed by atoms with Gasteiger partial charge >= 0.3 is 0 Å². The Bertz CT molecular complexity index is 536. The van der Waals surface area contributed by atoms with E-state index in [2.05, 4.69) is 20.6 Å². The average Bonchev–Trinajstić information content (AvgIpc) is 2.43. The van der Waals surface area contributed by atoms with Gasteiger partial charge in [-0.15, -0.1) is 0 Å². The fraction of sp³-hybridized carbons (Fsp3) is 0.308. The summed E-state index contributed by atoms with van der Waals surface area (Å²) < 4.78 is 0. The van der Waals surface area contributed by atoms with Crippen LogP contribution in [0.4, 0.5) is 0 Å². The van der Waals surface area contributed by atoms with Crippen LogP contribution in [0, 0.1) is 0 Å². The molecule has 2 rings (SSSR count). The minimum absolute atomic E-state index is 0.0998. The second kappa shape index (κ2) is 6.07. The maximum Gasteiger partial charge on any atom is 0.253 e. The Morgan fingerprint density at radius 2 is 2.06 bits per heavy atom. The number of nitrogens with zero attached hydrogens (tertiary/aromatic N) is 2. The molecule has 0 aliphatic heterocycles. The molecule has 0 bridgehead atoms. The predicted octanol–water partition coefficient (Wildman–Crippen LogP) is 0.969. The normalized spacial score (nSPS) is 10.5. The van der Waals surface area contributed by atoms with E-state index in [0.29, 0.717) is 17.6 Å². The quantitative estimate of drug-likeness (QED) is 0.769. The first kappa shape index (κ1) is 12.4. The van der Waals surface area contributed by atoms with Crippen LogP contribution in [0.1, 0.15) is 16.8 Å². The first-order chi connectivity index (χ1) is 8.83. The number of aromatic nitrogens is 2. The van der Waals surface area contributed by atoms with Crippen LogP contribution in [0.25, 0.3) is 11.0 Å². The molecule has 1 aromatic carbocycles. The smallest absolute Gasteiger partial charge is 0.253 e. The molecule has 0 fully saturated rings. The number of carbonyl (C=O) groups is 1. The van der Waals surface area contributed by atoms with Gasteiger partial charge < -0.3 is 10.6 Å². The van der Waals surface area contributed by atoms with E-state index in [9.17, 15) is 4.79 Å².